The lowest BCUT2D eigenvalue weighted by molar-refractivity contribution is -0.0402. The molecule has 0 bridgehead atoms. The Labute approximate surface area is 113 Å². The zero-order valence-electron chi connectivity index (χ0n) is 11.7. The summed E-state index contributed by atoms with van der Waals surface area (Å²) in [5.41, 5.74) is 1.76. The highest BCUT2D eigenvalue weighted by atomic mass is 19.3. The molecule has 19 heavy (non-hydrogen) atoms. The molecule has 1 unspecified atom stereocenters. The second kappa shape index (κ2) is 5.41. The van der Waals surface area contributed by atoms with Gasteiger partial charge in [-0.25, -0.2) is 8.78 Å². The number of hydrogen-bond donors (Lipinski definition) is 1. The van der Waals surface area contributed by atoms with Crippen LogP contribution in [0.3, 0.4) is 0 Å². The minimum absolute atomic E-state index is 0.249. The molecule has 0 radical (unpaired) electrons. The quantitative estimate of drug-likeness (QED) is 0.914. The highest BCUT2D eigenvalue weighted by molar-refractivity contribution is 5.46. The molecular weight excluding hydrogens is 248 g/mol. The zero-order valence-corrected chi connectivity index (χ0v) is 11.7. The number of rotatable bonds is 3. The summed E-state index contributed by atoms with van der Waals surface area (Å²) in [6, 6.07) is 3.08. The molecule has 0 aliphatic carbocycles. The molecule has 1 aliphatic heterocycles. The predicted octanol–water partition coefficient (Wildman–Crippen LogP) is 2.64. The van der Waals surface area contributed by atoms with E-state index in [1.165, 1.54) is 0 Å². The van der Waals surface area contributed by atoms with Gasteiger partial charge in [0.2, 0.25) is 0 Å². The third kappa shape index (κ3) is 3.03. The van der Waals surface area contributed by atoms with Crippen LogP contribution in [0.5, 0.6) is 0 Å². The lowest BCUT2D eigenvalue weighted by Crippen LogP contribution is -2.56. The normalized spacial score (nSPS) is 22.8. The van der Waals surface area contributed by atoms with Gasteiger partial charge in [0.1, 0.15) is 0 Å². The Hall–Kier alpha value is -1.23. The first kappa shape index (κ1) is 14.2. The molecule has 1 aliphatic rings. The lowest BCUT2D eigenvalue weighted by Gasteiger charge is -2.39. The molecule has 1 aromatic rings. The van der Waals surface area contributed by atoms with E-state index < -0.39 is 12.0 Å². The number of pyridine rings is 1. The van der Waals surface area contributed by atoms with Crippen LogP contribution in [-0.2, 0) is 0 Å². The van der Waals surface area contributed by atoms with Crippen molar-refractivity contribution < 1.29 is 8.78 Å². The van der Waals surface area contributed by atoms with Gasteiger partial charge in [-0.2, -0.15) is 0 Å². The maximum Gasteiger partial charge on any atom is 0.280 e. The Morgan fingerprint density at radius 1 is 1.42 bits per heavy atom. The summed E-state index contributed by atoms with van der Waals surface area (Å²) >= 11 is 0. The van der Waals surface area contributed by atoms with Crippen LogP contribution in [0, 0.1) is 0 Å². The molecule has 1 saturated heterocycles. The number of anilines is 1. The third-order valence-corrected chi connectivity index (χ3v) is 3.68. The molecule has 0 saturated carbocycles. The lowest BCUT2D eigenvalue weighted by atomic mass is 10.0. The van der Waals surface area contributed by atoms with E-state index in [0.717, 1.165) is 11.4 Å². The van der Waals surface area contributed by atoms with Crippen molar-refractivity contribution in [1.82, 2.24) is 10.3 Å². The van der Waals surface area contributed by atoms with Crippen LogP contribution in [0.1, 0.15) is 31.9 Å². The van der Waals surface area contributed by atoms with E-state index in [4.69, 9.17) is 0 Å². The molecule has 1 aromatic heterocycles. The second-order valence-corrected chi connectivity index (χ2v) is 5.41. The molecule has 3 nitrogen and oxygen atoms in total. The summed E-state index contributed by atoms with van der Waals surface area (Å²) in [5.74, 6) is -2.35. The van der Waals surface area contributed by atoms with Crippen LogP contribution in [0.25, 0.3) is 0 Å². The van der Waals surface area contributed by atoms with Gasteiger partial charge in [0.25, 0.3) is 5.92 Å². The van der Waals surface area contributed by atoms with E-state index >= 15 is 0 Å². The van der Waals surface area contributed by atoms with Crippen molar-refractivity contribution in [1.29, 1.82) is 0 Å². The number of hydrogen-bond acceptors (Lipinski definition) is 3. The Kier molecular flexibility index (Phi) is 4.04. The molecule has 1 atom stereocenters. The van der Waals surface area contributed by atoms with Crippen LogP contribution in [0.15, 0.2) is 18.3 Å². The van der Waals surface area contributed by atoms with E-state index in [1.54, 1.807) is 18.1 Å². The fourth-order valence-corrected chi connectivity index (χ4v) is 2.44. The fourth-order valence-electron chi connectivity index (χ4n) is 2.44. The number of halogens is 2. The molecule has 1 N–H and O–H groups in total. The molecule has 0 aromatic carbocycles. The summed E-state index contributed by atoms with van der Waals surface area (Å²) < 4.78 is 27.8. The van der Waals surface area contributed by atoms with E-state index in [9.17, 15) is 8.78 Å². The average molecular weight is 269 g/mol. The van der Waals surface area contributed by atoms with Gasteiger partial charge >= 0.3 is 0 Å². The van der Waals surface area contributed by atoms with Gasteiger partial charge in [-0.3, -0.25) is 4.98 Å². The number of piperidine rings is 1. The maximum absolute atomic E-state index is 13.9. The molecule has 106 valence electrons. The number of nitrogens with zero attached hydrogens (tertiary/aromatic N) is 2. The number of nitrogens with one attached hydrogen (secondary N) is 1. The molecule has 0 amide bonds. The van der Waals surface area contributed by atoms with Crippen molar-refractivity contribution >= 4 is 5.69 Å². The van der Waals surface area contributed by atoms with Gasteiger partial charge in [0.15, 0.2) is 0 Å². The van der Waals surface area contributed by atoms with Crippen LogP contribution >= 0.6 is 0 Å². The summed E-state index contributed by atoms with van der Waals surface area (Å²) in [4.78, 5) is 6.05. The van der Waals surface area contributed by atoms with Gasteiger partial charge in [0.05, 0.1) is 24.5 Å². The molecule has 5 heteroatoms. The predicted molar refractivity (Wildman–Crippen MR) is 73.0 cm³/mol. The Morgan fingerprint density at radius 2 is 2.16 bits per heavy atom. The van der Waals surface area contributed by atoms with Crippen LogP contribution in [0.2, 0.25) is 0 Å². The van der Waals surface area contributed by atoms with Crippen LogP contribution < -0.4 is 10.2 Å². The van der Waals surface area contributed by atoms with Crippen LogP contribution in [-0.4, -0.2) is 37.1 Å². The summed E-state index contributed by atoms with van der Waals surface area (Å²) in [5, 5.41) is 2.70. The Balaban J connectivity index is 2.11. The van der Waals surface area contributed by atoms with E-state index in [0.29, 0.717) is 18.9 Å². The minimum atomic E-state index is -2.70. The first-order chi connectivity index (χ1) is 8.94. The fraction of sp³-hybridized carbons (Fsp3) is 0.643. The Morgan fingerprint density at radius 3 is 2.63 bits per heavy atom. The monoisotopic (exact) mass is 269 g/mol. The first-order valence-electron chi connectivity index (χ1n) is 6.70. The van der Waals surface area contributed by atoms with Gasteiger partial charge in [-0.05, 0) is 31.5 Å². The van der Waals surface area contributed by atoms with Gasteiger partial charge in [-0.15, -0.1) is 0 Å². The standard InChI is InChI=1S/C14H21F2N3/c1-10(2)12-5-4-11(8-18-12)19-7-6-13(17-3)14(15,16)9-19/h4-5,8,10,13,17H,6-7,9H2,1-3H3. The number of aromatic nitrogens is 1. The molecule has 2 heterocycles. The highest BCUT2D eigenvalue weighted by Crippen LogP contribution is 2.30. The third-order valence-electron chi connectivity index (χ3n) is 3.68. The Bertz CT molecular complexity index is 417. The van der Waals surface area contributed by atoms with Gasteiger partial charge < -0.3 is 10.2 Å². The van der Waals surface area contributed by atoms with Crippen LogP contribution in [0.4, 0.5) is 14.5 Å². The van der Waals surface area contributed by atoms with E-state index in [2.05, 4.69) is 24.1 Å². The van der Waals surface area contributed by atoms with Gasteiger partial charge in [0, 0.05) is 12.2 Å². The summed E-state index contributed by atoms with van der Waals surface area (Å²) in [6.07, 6.45) is 2.14. The minimum Gasteiger partial charge on any atom is -0.364 e. The topological polar surface area (TPSA) is 28.2 Å². The van der Waals surface area contributed by atoms with Crippen molar-refractivity contribution in [2.45, 2.75) is 38.2 Å². The van der Waals surface area contributed by atoms with Crippen molar-refractivity contribution in [3.63, 3.8) is 0 Å². The smallest absolute Gasteiger partial charge is 0.280 e. The van der Waals surface area contributed by atoms with Gasteiger partial charge in [-0.1, -0.05) is 13.8 Å². The zero-order chi connectivity index (χ0) is 14.0. The summed E-state index contributed by atoms with van der Waals surface area (Å²) in [7, 11) is 1.59. The van der Waals surface area contributed by atoms with Crippen molar-refractivity contribution in [2.75, 3.05) is 25.0 Å². The maximum atomic E-state index is 13.9. The average Bonchev–Trinajstić information content (AvgIpc) is 2.37. The number of alkyl halides is 2. The molecule has 1 fully saturated rings. The van der Waals surface area contributed by atoms with Crippen molar-refractivity contribution in [3.8, 4) is 0 Å². The second-order valence-electron chi connectivity index (χ2n) is 5.41. The van der Waals surface area contributed by atoms with E-state index in [-0.39, 0.29) is 6.54 Å². The molecular formula is C14H21F2N3. The largest absolute Gasteiger partial charge is 0.364 e. The van der Waals surface area contributed by atoms with Crippen molar-refractivity contribution in [2.24, 2.45) is 0 Å². The molecule has 0 spiro atoms. The highest BCUT2D eigenvalue weighted by Gasteiger charge is 2.43. The van der Waals surface area contributed by atoms with E-state index in [1.807, 2.05) is 12.1 Å². The summed E-state index contributed by atoms with van der Waals surface area (Å²) in [6.45, 7) is 4.51. The molecule has 2 rings (SSSR count). The SMILES string of the molecule is CNC1CCN(c2ccc(C(C)C)nc2)CC1(F)F. The first-order valence-corrected chi connectivity index (χ1v) is 6.70. The van der Waals surface area contributed by atoms with Crippen molar-refractivity contribution in [3.05, 3.63) is 24.0 Å².